The first kappa shape index (κ1) is 13.5. The Hall–Kier alpha value is -0.503. The molecule has 0 spiro atoms. The highest BCUT2D eigenvalue weighted by Crippen LogP contribution is 2.40. The molecule has 14 heavy (non-hydrogen) atoms. The van der Waals surface area contributed by atoms with Gasteiger partial charge in [0.15, 0.2) is 0 Å². The summed E-state index contributed by atoms with van der Waals surface area (Å²) in [5.41, 5.74) is -1.31. The Morgan fingerprint density at radius 3 is 1.93 bits per heavy atom. The molecule has 0 rings (SSSR count). The van der Waals surface area contributed by atoms with Crippen LogP contribution in [0.3, 0.4) is 0 Å². The van der Waals surface area contributed by atoms with Crippen molar-refractivity contribution in [2.45, 2.75) is 24.2 Å². The van der Waals surface area contributed by atoms with Crippen LogP contribution in [0, 0.1) is 0 Å². The molecule has 0 saturated carbocycles. The van der Waals surface area contributed by atoms with E-state index < -0.39 is 24.2 Å². The van der Waals surface area contributed by atoms with Crippen molar-refractivity contribution in [3.05, 3.63) is 12.7 Å². The van der Waals surface area contributed by atoms with Gasteiger partial charge < -0.3 is 4.74 Å². The minimum absolute atomic E-state index is 0.0483. The average Bonchev–Trinajstić information content (AvgIpc) is 2.02. The monoisotopic (exact) mass is 238 g/mol. The van der Waals surface area contributed by atoms with Crippen LogP contribution < -0.4 is 0 Å². The normalized spacial score (nSPS) is 15.9. The Morgan fingerprint density at radius 2 is 1.64 bits per heavy atom. The molecule has 1 atom stereocenters. The van der Waals surface area contributed by atoms with Gasteiger partial charge in [0.25, 0.3) is 0 Å². The quantitative estimate of drug-likeness (QED) is 0.399. The van der Waals surface area contributed by atoms with E-state index in [1.54, 1.807) is 0 Å². The van der Waals surface area contributed by atoms with E-state index in [9.17, 15) is 26.3 Å². The van der Waals surface area contributed by atoms with Crippen LogP contribution in [-0.2, 0) is 4.74 Å². The molecule has 0 N–H and O–H groups in total. The zero-order chi connectivity index (χ0) is 11.6. The lowest BCUT2D eigenvalue weighted by atomic mass is 10.3. The summed E-state index contributed by atoms with van der Waals surface area (Å²) in [6.07, 6.45) is -8.81. The molecule has 84 valence electrons. The lowest BCUT2D eigenvalue weighted by Gasteiger charge is -2.27. The van der Waals surface area contributed by atoms with Crippen LogP contribution >= 0.6 is 0 Å². The van der Waals surface area contributed by atoms with Crippen LogP contribution in [0.5, 0.6) is 0 Å². The lowest BCUT2D eigenvalue weighted by molar-refractivity contribution is -0.375. The minimum Gasteiger partial charge on any atom is -0.313 e. The molecule has 0 heterocycles. The number of hydrogen-bond acceptors (Lipinski definition) is 1. The molecule has 8 heteroatoms. The predicted octanol–water partition coefficient (Wildman–Crippen LogP) is 1.37. The van der Waals surface area contributed by atoms with Gasteiger partial charge in [0.2, 0.25) is 0 Å². The minimum atomic E-state index is -5.49. The van der Waals surface area contributed by atoms with Crippen LogP contribution in [0.4, 0.5) is 26.3 Å². The largest absolute Gasteiger partial charge is 0.425 e. The molecule has 1 nitrogen and oxygen atoms in total. The standard InChI is InChI=1S/C6H8F6OSi/c1-2-3(14)13-6(11,12)5(9,10)4(7)8/h2-4H,1H2,14H3. The molecule has 0 aliphatic carbocycles. The van der Waals surface area contributed by atoms with Crippen LogP contribution in [0.2, 0.25) is 0 Å². The van der Waals surface area contributed by atoms with Gasteiger partial charge in [-0.05, 0) is 0 Å². The molecule has 0 bridgehead atoms. The van der Waals surface area contributed by atoms with Crippen molar-refractivity contribution in [3.63, 3.8) is 0 Å². The number of rotatable bonds is 5. The summed E-state index contributed by atoms with van der Waals surface area (Å²) in [4.78, 5) is 0. The van der Waals surface area contributed by atoms with Crippen molar-refractivity contribution in [2.24, 2.45) is 0 Å². The van der Waals surface area contributed by atoms with E-state index in [2.05, 4.69) is 11.3 Å². The first-order valence-electron chi connectivity index (χ1n) is 3.49. The third kappa shape index (κ3) is 2.74. The molecule has 0 fully saturated rings. The smallest absolute Gasteiger partial charge is 0.313 e. The summed E-state index contributed by atoms with van der Waals surface area (Å²) < 4.78 is 75.7. The fraction of sp³-hybridized carbons (Fsp3) is 0.667. The second-order valence-electron chi connectivity index (χ2n) is 2.50. The van der Waals surface area contributed by atoms with Crippen molar-refractivity contribution < 1.29 is 31.1 Å². The van der Waals surface area contributed by atoms with Crippen molar-refractivity contribution in [1.82, 2.24) is 0 Å². The maximum Gasteiger partial charge on any atom is 0.425 e. The number of ether oxygens (including phenoxy) is 1. The first-order valence-corrected chi connectivity index (χ1v) is 4.64. The van der Waals surface area contributed by atoms with E-state index in [1.165, 1.54) is 0 Å². The van der Waals surface area contributed by atoms with Gasteiger partial charge >= 0.3 is 18.5 Å². The highest BCUT2D eigenvalue weighted by Gasteiger charge is 2.64. The molecular formula is C6H8F6OSi. The van der Waals surface area contributed by atoms with E-state index in [0.29, 0.717) is 0 Å². The van der Waals surface area contributed by atoms with E-state index in [-0.39, 0.29) is 10.2 Å². The fourth-order valence-electron chi connectivity index (χ4n) is 0.487. The van der Waals surface area contributed by atoms with Gasteiger partial charge in [-0.1, -0.05) is 6.08 Å². The molecule has 0 radical (unpaired) electrons. The van der Waals surface area contributed by atoms with Crippen molar-refractivity contribution >= 4 is 10.2 Å². The van der Waals surface area contributed by atoms with Gasteiger partial charge in [-0.2, -0.15) is 17.6 Å². The molecule has 0 aromatic carbocycles. The topological polar surface area (TPSA) is 9.23 Å². The highest BCUT2D eigenvalue weighted by molar-refractivity contribution is 6.12. The third-order valence-corrected chi connectivity index (χ3v) is 2.04. The fourth-order valence-corrected chi connectivity index (χ4v) is 0.783. The van der Waals surface area contributed by atoms with Gasteiger partial charge in [0, 0.05) is 10.2 Å². The average molecular weight is 238 g/mol. The lowest BCUT2D eigenvalue weighted by Crippen LogP contribution is -2.49. The molecule has 0 saturated heterocycles. The van der Waals surface area contributed by atoms with Crippen molar-refractivity contribution in [3.8, 4) is 0 Å². The first-order chi connectivity index (χ1) is 6.15. The molecule has 0 amide bonds. The zero-order valence-electron chi connectivity index (χ0n) is 7.12. The molecule has 0 aliphatic heterocycles. The van der Waals surface area contributed by atoms with Crippen LogP contribution in [0.25, 0.3) is 0 Å². The summed E-state index contributed by atoms with van der Waals surface area (Å²) in [5.74, 6) is -5.49. The number of alkyl halides is 6. The molecular weight excluding hydrogens is 230 g/mol. The predicted molar refractivity (Wildman–Crippen MR) is 40.9 cm³/mol. The Balaban J connectivity index is 4.67. The van der Waals surface area contributed by atoms with Crippen LogP contribution in [0.1, 0.15) is 0 Å². The molecule has 0 aromatic rings. The van der Waals surface area contributed by atoms with E-state index >= 15 is 0 Å². The summed E-state index contributed by atoms with van der Waals surface area (Å²) >= 11 is 0. The molecule has 0 aromatic heterocycles. The molecule has 0 aliphatic rings. The summed E-state index contributed by atoms with van der Waals surface area (Å²) in [6, 6.07) is 0. The highest BCUT2D eigenvalue weighted by atomic mass is 28.1. The second kappa shape index (κ2) is 4.35. The summed E-state index contributed by atoms with van der Waals surface area (Å²) in [6.45, 7) is 3.02. The second-order valence-corrected chi connectivity index (χ2v) is 3.64. The van der Waals surface area contributed by atoms with Gasteiger partial charge in [-0.15, -0.1) is 6.58 Å². The Bertz CT molecular complexity index is 206. The van der Waals surface area contributed by atoms with Gasteiger partial charge in [0.05, 0.1) is 5.73 Å². The Morgan fingerprint density at radius 1 is 1.21 bits per heavy atom. The maximum absolute atomic E-state index is 12.4. The third-order valence-electron chi connectivity index (χ3n) is 1.33. The number of hydrogen-bond donors (Lipinski definition) is 0. The summed E-state index contributed by atoms with van der Waals surface area (Å²) in [7, 11) is -0.0483. The van der Waals surface area contributed by atoms with Crippen LogP contribution in [0.15, 0.2) is 12.7 Å². The van der Waals surface area contributed by atoms with Gasteiger partial charge in [-0.25, -0.2) is 8.78 Å². The molecule has 1 unspecified atom stereocenters. The van der Waals surface area contributed by atoms with Gasteiger partial charge in [0.1, 0.15) is 0 Å². The van der Waals surface area contributed by atoms with E-state index in [4.69, 9.17) is 0 Å². The zero-order valence-corrected chi connectivity index (χ0v) is 9.12. The Kier molecular flexibility index (Phi) is 4.19. The van der Waals surface area contributed by atoms with Crippen molar-refractivity contribution in [1.29, 1.82) is 0 Å². The van der Waals surface area contributed by atoms with Crippen LogP contribution in [-0.4, -0.2) is 34.4 Å². The number of halogens is 6. The van der Waals surface area contributed by atoms with Gasteiger partial charge in [-0.3, -0.25) is 0 Å². The SMILES string of the molecule is C=CC([SiH3])OC(F)(F)C(F)(F)C(F)F. The Labute approximate surface area is 79.2 Å². The van der Waals surface area contributed by atoms with E-state index in [1.807, 2.05) is 0 Å². The summed E-state index contributed by atoms with van der Waals surface area (Å²) in [5, 5.41) is 0. The van der Waals surface area contributed by atoms with E-state index in [0.717, 1.165) is 6.08 Å². The van der Waals surface area contributed by atoms with Crippen molar-refractivity contribution in [2.75, 3.05) is 0 Å². The maximum atomic E-state index is 12.4.